The number of aliphatic hydroxyl groups is 15. The molecule has 7 saturated heterocycles. The van der Waals surface area contributed by atoms with Gasteiger partial charge in [-0.15, -0.1) is 0 Å². The SMILES string of the molecule is C[C@H](C(=O)C[C@@H]1C[C@H](C)[C@@H](O[C@H]2O[C@H](CCCCO)[C@@H](O)C[C@H]2NC(=O)OCc2ccccc2)[C@H](O[C@@H]2O[C@H](CO)[C@@H](O[C@H]3O[C@H]4CCC(c5ccccc5)O[C@H]4[C@H](O)[C@H]3NC(=O)OCc3ccccc3)[C@H]2O)[C@H]1O)[C@@H](CNC(=O)OCc1ccccc1)OCc1ccccc1.NC[C@@H](O)[C@H](O)C(=O)C[C@@H]1C[C@H](N)[C@@H](O[C@H]2O[C@H](CNCCO)[C@@H](O)C[C@H]2N)[C@H](O[C@@H]2O[C@H](CO)[C@@H](O[C@H]3O[C@@H](CN)[C@@H](O)[C@H](O)[C@H]3N)[C@H]2O)[C@H]1O. The highest BCUT2D eigenvalue weighted by Crippen LogP contribution is 2.45. The largest absolute Gasteiger partial charge is 0.445 e. The number of ether oxygens (including phenoxy) is 17. The maximum absolute atomic E-state index is 14.8. The number of amides is 3. The number of hydrogen-bond donors (Lipinski definition) is 24. The predicted molar refractivity (Wildman–Crippen MR) is 517 cm³/mol. The molecule has 2 saturated carbocycles. The van der Waals surface area contributed by atoms with Crippen LogP contribution in [0.2, 0.25) is 0 Å². The molecule has 824 valence electrons. The van der Waals surface area contributed by atoms with Crippen LogP contribution in [0.15, 0.2) is 152 Å². The molecule has 1 unspecified atom stereocenters. The second kappa shape index (κ2) is 57.2. The molecule has 14 rings (SSSR count). The number of benzene rings is 5. The van der Waals surface area contributed by atoms with Gasteiger partial charge in [0, 0.05) is 70.6 Å². The van der Waals surface area contributed by atoms with E-state index in [9.17, 15) is 95.5 Å². The highest BCUT2D eigenvalue weighted by Gasteiger charge is 2.59. The summed E-state index contributed by atoms with van der Waals surface area (Å²) in [7, 11) is 0. The lowest BCUT2D eigenvalue weighted by atomic mass is 9.73. The number of Topliss-reactive ketones (excluding diaryl/α,β-unsaturated/α-hetero) is 2. The summed E-state index contributed by atoms with van der Waals surface area (Å²) >= 11 is 0. The number of alkyl carbamates (subject to hydrolysis) is 3. The number of aliphatic hydroxyl groups excluding tert-OH is 15. The highest BCUT2D eigenvalue weighted by molar-refractivity contribution is 5.84. The van der Waals surface area contributed by atoms with Crippen molar-refractivity contribution >= 4 is 29.8 Å². The predicted octanol–water partition coefficient (Wildman–Crippen LogP) is -2.74. The van der Waals surface area contributed by atoms with Crippen molar-refractivity contribution in [1.29, 1.82) is 0 Å². The second-order valence-corrected chi connectivity index (χ2v) is 39.3. The normalized spacial score (nSPS) is 36.1. The van der Waals surface area contributed by atoms with Crippen molar-refractivity contribution in [2.45, 2.75) is 338 Å². The van der Waals surface area contributed by atoms with Crippen molar-refractivity contribution in [2.75, 3.05) is 59.2 Å². The standard InChI is InChI=1S/C72H91N3O21.C30H58N6O16/c1-43-34-50(35-52(78)44(2)57(86-39-45-20-8-3-9-21-45)37-73-70(83)87-40-46-22-10-4-11-23-46)60(80)66(63(43)94-67-51(36-53(79)55(91-67)30-18-19-33-76)74-71(84)88-41-47-24-12-5-13-25-47)96-69-62(82)65(58(38-77)93-69)95-68-59(75-72(85)89-42-48-26-14-6-15-27-48)61(81)64-56(92-68)32-31-54(90-64)49-28-16-7-17-29-49;31-6-15(41)21(43)14(40)4-10-3-11(33)25(50-28-12(34)5-13(39)17(48-28)8-36-1-2-37)27(20(10)42)52-30-24(46)26(18(9-38)49-30)51-29-19(35)23(45)22(44)16(7-32)47-29/h3-17,20-29,43-44,50-51,53-69,76-77,79-82H,18-19,30-42H2,1-2H3,(H,73,83)(H,74,84)(H,75,85);10-13,15-30,36-39,41-46H,1-9,31-35H2/t43-,44+,50-,51+,53-,54?,55+,56-,57+,58+,59+,60-,61+,62+,63+,64+,65+,66+,67+,68+,69-;10-,11-,12+,13-,15+,16-,17+,18+,19+,20-,21+,22+,23+,24+,25+,26+,27+,28+,29+,30-/m00/s1. The zero-order valence-corrected chi connectivity index (χ0v) is 82.7. The molecule has 148 heavy (non-hydrogen) atoms. The summed E-state index contributed by atoms with van der Waals surface area (Å²) in [6.45, 7) is 1.37. The minimum Gasteiger partial charge on any atom is -0.445 e. The lowest BCUT2D eigenvalue weighted by Gasteiger charge is -2.48. The van der Waals surface area contributed by atoms with E-state index in [1.54, 1.807) is 55.5 Å². The van der Waals surface area contributed by atoms with Gasteiger partial charge < -0.3 is 207 Å². The lowest BCUT2D eigenvalue weighted by Crippen LogP contribution is -2.66. The molecular formula is C102H149N9O37. The van der Waals surface area contributed by atoms with Gasteiger partial charge in [-0.1, -0.05) is 166 Å². The Bertz CT molecular complexity index is 4780. The zero-order valence-electron chi connectivity index (χ0n) is 82.7. The van der Waals surface area contributed by atoms with Gasteiger partial charge in [-0.25, -0.2) is 14.4 Å². The van der Waals surface area contributed by atoms with Crippen molar-refractivity contribution in [1.82, 2.24) is 21.3 Å². The molecule has 9 aliphatic rings. The Morgan fingerprint density at radius 1 is 0.446 bits per heavy atom. The first-order valence-corrected chi connectivity index (χ1v) is 50.7. The van der Waals surface area contributed by atoms with E-state index < -0.39 is 301 Å². The molecule has 0 aromatic heterocycles. The van der Waals surface area contributed by atoms with E-state index in [1.807, 2.05) is 110 Å². The van der Waals surface area contributed by atoms with Crippen LogP contribution in [0.3, 0.4) is 0 Å². The molecule has 29 N–H and O–H groups in total. The van der Waals surface area contributed by atoms with Crippen LogP contribution in [-0.2, 0) is 117 Å². The molecule has 9 fully saturated rings. The van der Waals surface area contributed by atoms with Crippen LogP contribution < -0.4 is 49.9 Å². The molecule has 46 heteroatoms. The van der Waals surface area contributed by atoms with Crippen LogP contribution in [-0.4, -0.2) is 386 Å². The smallest absolute Gasteiger partial charge is 0.407 e. The van der Waals surface area contributed by atoms with Crippen LogP contribution >= 0.6 is 0 Å². The number of hydrogen-bond acceptors (Lipinski definition) is 43. The van der Waals surface area contributed by atoms with Crippen molar-refractivity contribution < 1.29 is 181 Å². The fraction of sp³-hybridized carbons (Fsp3) is 0.657. The molecule has 7 heterocycles. The third-order valence-corrected chi connectivity index (χ3v) is 28.7. The van der Waals surface area contributed by atoms with Gasteiger partial charge in [-0.05, 0) is 96.9 Å². The summed E-state index contributed by atoms with van der Waals surface area (Å²) in [6.07, 6.45) is -43.0. The number of nitrogens with two attached hydrogens (primary N) is 5. The summed E-state index contributed by atoms with van der Waals surface area (Å²) in [5.41, 5.74) is 33.8. The minimum absolute atomic E-state index is 0.00987. The van der Waals surface area contributed by atoms with Crippen molar-refractivity contribution in [3.05, 3.63) is 179 Å². The number of fused-ring (bicyclic) bond motifs is 1. The van der Waals surface area contributed by atoms with Gasteiger partial charge in [0.2, 0.25) is 0 Å². The topological polar surface area (TPSA) is 724 Å². The van der Waals surface area contributed by atoms with E-state index in [0.29, 0.717) is 37.7 Å². The molecule has 0 bridgehead atoms. The molecular weight excluding hydrogens is 1940 g/mol. The average molecular weight is 2090 g/mol. The van der Waals surface area contributed by atoms with E-state index in [2.05, 4.69) is 21.3 Å². The van der Waals surface area contributed by atoms with Crippen LogP contribution in [0.5, 0.6) is 0 Å². The van der Waals surface area contributed by atoms with Crippen molar-refractivity contribution in [2.24, 2.45) is 52.3 Å². The number of carbonyl (C=O) groups excluding carboxylic acids is 5. The molecule has 3 amide bonds. The first-order chi connectivity index (χ1) is 71.3. The summed E-state index contributed by atoms with van der Waals surface area (Å²) in [6, 6.07) is 40.4. The summed E-state index contributed by atoms with van der Waals surface area (Å²) in [4.78, 5) is 68.1. The Balaban J connectivity index is 0.000000296. The number of carbonyl (C=O) groups is 5. The monoisotopic (exact) mass is 2090 g/mol. The number of unbranched alkanes of at least 4 members (excludes halogenated alkanes) is 1. The summed E-state index contributed by atoms with van der Waals surface area (Å²) in [5.74, 6) is -4.47. The number of rotatable bonds is 46. The molecule has 7 aliphatic heterocycles. The Morgan fingerprint density at radius 2 is 0.939 bits per heavy atom. The Morgan fingerprint density at radius 3 is 1.50 bits per heavy atom. The van der Waals surface area contributed by atoms with E-state index in [1.165, 1.54) is 0 Å². The van der Waals surface area contributed by atoms with Crippen LogP contribution in [0, 0.1) is 23.7 Å². The van der Waals surface area contributed by atoms with E-state index in [0.717, 1.165) is 22.3 Å². The zero-order chi connectivity index (χ0) is 106. The van der Waals surface area contributed by atoms with E-state index in [4.69, 9.17) is 114 Å². The fourth-order valence-corrected chi connectivity index (χ4v) is 20.2. The number of ketones is 2. The van der Waals surface area contributed by atoms with Crippen molar-refractivity contribution in [3.63, 3.8) is 0 Å². The van der Waals surface area contributed by atoms with Gasteiger partial charge in [0.1, 0.15) is 123 Å². The van der Waals surface area contributed by atoms with Gasteiger partial charge in [-0.3, -0.25) is 9.59 Å². The van der Waals surface area contributed by atoms with E-state index >= 15 is 0 Å². The Hall–Kier alpha value is -8.15. The van der Waals surface area contributed by atoms with Gasteiger partial charge in [0.05, 0.1) is 112 Å². The van der Waals surface area contributed by atoms with E-state index in [-0.39, 0.29) is 104 Å². The number of nitrogens with one attached hydrogen (secondary N) is 4. The summed E-state index contributed by atoms with van der Waals surface area (Å²) in [5, 5.41) is 175. The van der Waals surface area contributed by atoms with Gasteiger partial charge in [0.15, 0.2) is 43.5 Å². The van der Waals surface area contributed by atoms with Crippen LogP contribution in [0.1, 0.15) is 118 Å². The fourth-order valence-electron chi connectivity index (χ4n) is 20.2. The molecule has 2 aliphatic carbocycles. The molecule has 0 spiro atoms. The quantitative estimate of drug-likeness (QED) is 0.0139. The molecule has 5 aromatic carbocycles. The second-order valence-electron chi connectivity index (χ2n) is 39.3. The first kappa shape index (κ1) is 117. The minimum atomic E-state index is -1.84. The Kier molecular flexibility index (Phi) is 45.2. The first-order valence-electron chi connectivity index (χ1n) is 50.7. The van der Waals surface area contributed by atoms with Crippen molar-refractivity contribution in [3.8, 4) is 0 Å². The third kappa shape index (κ3) is 31.2. The lowest BCUT2D eigenvalue weighted by molar-refractivity contribution is -0.311. The van der Waals surface area contributed by atoms with Gasteiger partial charge in [0.25, 0.3) is 0 Å². The highest BCUT2D eigenvalue weighted by atomic mass is 16.8. The van der Waals surface area contributed by atoms with Crippen LogP contribution in [0.25, 0.3) is 0 Å². The Labute approximate surface area is 856 Å². The average Bonchev–Trinajstić information content (AvgIpc) is 1.52. The maximum Gasteiger partial charge on any atom is 0.407 e. The third-order valence-electron chi connectivity index (χ3n) is 28.7. The van der Waals surface area contributed by atoms with Gasteiger partial charge >= 0.3 is 18.3 Å². The molecule has 5 aromatic rings. The summed E-state index contributed by atoms with van der Waals surface area (Å²) < 4.78 is 105. The molecule has 46 nitrogen and oxygen atoms in total. The molecule has 0 radical (unpaired) electrons. The maximum atomic E-state index is 14.8. The van der Waals surface area contributed by atoms with Crippen LogP contribution in [0.4, 0.5) is 14.4 Å². The van der Waals surface area contributed by atoms with Gasteiger partial charge in [-0.2, -0.15) is 0 Å². The molecule has 41 atom stereocenters.